The van der Waals surface area contributed by atoms with Gasteiger partial charge in [-0.2, -0.15) is 17.0 Å². The Balaban J connectivity index is 0.000000329. The lowest BCUT2D eigenvalue weighted by atomic mass is 10.1. The van der Waals surface area contributed by atoms with Gasteiger partial charge in [-0.1, -0.05) is 116 Å². The van der Waals surface area contributed by atoms with Crippen LogP contribution in [0.15, 0.2) is 128 Å². The number of nitriles is 1. The molecule has 4 nitrogen and oxygen atoms in total. The van der Waals surface area contributed by atoms with Gasteiger partial charge in [-0.15, -0.1) is 0 Å². The molecule has 0 bridgehead atoms. The fourth-order valence-electron chi connectivity index (χ4n) is 3.95. The second-order valence-corrected chi connectivity index (χ2v) is 11.4. The highest BCUT2D eigenvalue weighted by Crippen LogP contribution is 2.28. The molecule has 1 heterocycles. The van der Waals surface area contributed by atoms with E-state index in [9.17, 15) is 4.79 Å². The van der Waals surface area contributed by atoms with Gasteiger partial charge in [-0.3, -0.25) is 4.79 Å². The van der Waals surface area contributed by atoms with Crippen molar-refractivity contribution >= 4 is 28.6 Å². The summed E-state index contributed by atoms with van der Waals surface area (Å²) in [6, 6.07) is 18.6. The minimum absolute atomic E-state index is 0.0641. The summed E-state index contributed by atoms with van der Waals surface area (Å²) in [7, 11) is 0. The van der Waals surface area contributed by atoms with Gasteiger partial charge in [0.15, 0.2) is 0 Å². The molecule has 1 aliphatic carbocycles. The third-order valence-electron chi connectivity index (χ3n) is 6.49. The lowest BCUT2D eigenvalue weighted by Crippen LogP contribution is -2.23. The van der Waals surface area contributed by atoms with Gasteiger partial charge in [-0.25, -0.2) is 0 Å². The van der Waals surface area contributed by atoms with E-state index in [0.717, 1.165) is 40.6 Å². The Kier molecular flexibility index (Phi) is 17.4. The van der Waals surface area contributed by atoms with Crippen molar-refractivity contribution in [3.8, 4) is 6.07 Å². The average Bonchev–Trinajstić information content (AvgIpc) is 3.21. The first-order chi connectivity index (χ1) is 21.0. The van der Waals surface area contributed by atoms with Crippen LogP contribution in [0.2, 0.25) is 0 Å². The van der Waals surface area contributed by atoms with Gasteiger partial charge in [0.25, 0.3) is 0 Å². The number of H-pyrrole nitrogens is 1. The van der Waals surface area contributed by atoms with E-state index in [2.05, 4.69) is 91.5 Å². The van der Waals surface area contributed by atoms with Crippen molar-refractivity contribution in [1.29, 1.82) is 5.26 Å². The molecule has 3 aromatic rings. The normalized spacial score (nSPS) is 12.8. The fourth-order valence-corrected chi connectivity index (χ4v) is 4.96. The molecule has 0 saturated carbocycles. The quantitative estimate of drug-likeness (QED) is 0.218. The number of hydrogen-bond acceptors (Lipinski definition) is 3. The number of aromatic nitrogens is 1. The number of hydrogen-bond donors (Lipinski definition) is 2. The number of nitrogens with one attached hydrogen (secondary N) is 2. The Labute approximate surface area is 262 Å². The number of benzene rings is 2. The summed E-state index contributed by atoms with van der Waals surface area (Å²) in [5.74, 6) is 0.861. The highest BCUT2D eigenvalue weighted by molar-refractivity contribution is 7.99. The number of thioether (sulfide) groups is 1. The van der Waals surface area contributed by atoms with Gasteiger partial charge in [-0.05, 0) is 55.5 Å². The predicted octanol–water partition coefficient (Wildman–Crippen LogP) is 9.88. The molecule has 0 saturated heterocycles. The molecular formula is C38H45N3OS. The van der Waals surface area contributed by atoms with E-state index in [1.165, 1.54) is 11.1 Å². The molecule has 5 heteroatoms. The average molecular weight is 592 g/mol. The summed E-state index contributed by atoms with van der Waals surface area (Å²) < 4.78 is 0. The highest BCUT2D eigenvalue weighted by atomic mass is 32.2. The summed E-state index contributed by atoms with van der Waals surface area (Å²) in [5, 5.41) is 13.3. The molecule has 1 unspecified atom stereocenters. The summed E-state index contributed by atoms with van der Waals surface area (Å²) in [6.45, 7) is 10.5. The zero-order valence-electron chi connectivity index (χ0n) is 25.8. The monoisotopic (exact) mass is 591 g/mol. The van der Waals surface area contributed by atoms with Crippen LogP contribution in [0.4, 0.5) is 0 Å². The van der Waals surface area contributed by atoms with E-state index in [-0.39, 0.29) is 5.91 Å². The van der Waals surface area contributed by atoms with Crippen LogP contribution in [0, 0.1) is 11.3 Å². The molecule has 224 valence electrons. The lowest BCUT2D eigenvalue weighted by molar-refractivity contribution is -0.120. The standard InChI is InChI=1S/C22H23N3OS.C9H14.C7H8/c1-16(18-5-3-2-4-6-18)27-12-10-22(26)25-14-17-7-8-21-20(13-17)19(9-11-23)15-24-21;1-4-6-7-8-9(3)5-2;1-2-4-6-7-5-3-1/h2-8,13,15-16,24H,9-10,12,14H2,1H3,(H,25,26);5-8H,2,4H2,1,3H3;1-6H,7H2/b;7-6-,9-8-;. The largest absolute Gasteiger partial charge is 0.361 e. The van der Waals surface area contributed by atoms with E-state index in [1.54, 1.807) is 11.8 Å². The zero-order valence-corrected chi connectivity index (χ0v) is 26.6. The van der Waals surface area contributed by atoms with Crippen LogP contribution in [-0.4, -0.2) is 16.6 Å². The molecular weight excluding hydrogens is 547 g/mol. The molecule has 2 aromatic carbocycles. The third kappa shape index (κ3) is 14.5. The number of aromatic amines is 1. The fraction of sp³-hybridized carbons (Fsp3) is 0.263. The van der Waals surface area contributed by atoms with Gasteiger partial charge < -0.3 is 10.3 Å². The molecule has 1 amide bonds. The van der Waals surface area contributed by atoms with Crippen molar-refractivity contribution in [2.24, 2.45) is 0 Å². The molecule has 4 rings (SSSR count). The predicted molar refractivity (Wildman–Crippen MR) is 187 cm³/mol. The summed E-state index contributed by atoms with van der Waals surface area (Å²) >= 11 is 1.79. The second-order valence-electron chi connectivity index (χ2n) is 9.91. The maximum Gasteiger partial charge on any atom is 0.221 e. The SMILES string of the molecule is C1=CC=CCC=C1.C=C/C(C)=C\C=C/CC.CC(SCCC(=O)NCc1ccc2[nH]cc(CC#N)c2c1)c1ccccc1. The van der Waals surface area contributed by atoms with Crippen molar-refractivity contribution in [1.82, 2.24) is 10.3 Å². The molecule has 0 spiro atoms. The third-order valence-corrected chi connectivity index (χ3v) is 7.70. The van der Waals surface area contributed by atoms with Crippen LogP contribution < -0.4 is 5.32 Å². The number of rotatable bonds is 11. The van der Waals surface area contributed by atoms with Gasteiger partial charge in [0.2, 0.25) is 5.91 Å². The Hall–Kier alpha value is -4.27. The number of amides is 1. The molecule has 0 fully saturated rings. The molecule has 0 radical (unpaired) electrons. The van der Waals surface area contributed by atoms with Crippen molar-refractivity contribution in [3.63, 3.8) is 0 Å². The van der Waals surface area contributed by atoms with Crippen LogP contribution in [-0.2, 0) is 17.8 Å². The van der Waals surface area contributed by atoms with E-state index in [1.807, 2.05) is 67.7 Å². The first kappa shape index (κ1) is 34.9. The highest BCUT2D eigenvalue weighted by Gasteiger charge is 2.08. The summed E-state index contributed by atoms with van der Waals surface area (Å²) in [6.07, 6.45) is 25.4. The van der Waals surface area contributed by atoms with Crippen LogP contribution >= 0.6 is 11.8 Å². The van der Waals surface area contributed by atoms with Gasteiger partial charge >= 0.3 is 0 Å². The molecule has 1 aliphatic rings. The molecule has 43 heavy (non-hydrogen) atoms. The molecule has 1 atom stereocenters. The van der Waals surface area contributed by atoms with Crippen LogP contribution in [0.1, 0.15) is 62.0 Å². The lowest BCUT2D eigenvalue weighted by Gasteiger charge is -2.11. The maximum atomic E-state index is 12.1. The molecule has 1 aromatic heterocycles. The van der Waals surface area contributed by atoms with Crippen molar-refractivity contribution in [3.05, 3.63) is 144 Å². The number of fused-ring (bicyclic) bond motifs is 1. The summed E-state index contributed by atoms with van der Waals surface area (Å²) in [5.41, 5.74) is 5.55. The van der Waals surface area contributed by atoms with E-state index in [4.69, 9.17) is 5.26 Å². The summed E-state index contributed by atoms with van der Waals surface area (Å²) in [4.78, 5) is 15.3. The van der Waals surface area contributed by atoms with Crippen molar-refractivity contribution < 1.29 is 4.79 Å². The minimum atomic E-state index is 0.0641. The Bertz CT molecular complexity index is 1440. The van der Waals surface area contributed by atoms with Crippen LogP contribution in [0.3, 0.4) is 0 Å². The van der Waals surface area contributed by atoms with Gasteiger partial charge in [0, 0.05) is 41.1 Å². The minimum Gasteiger partial charge on any atom is -0.361 e. The molecule has 2 N–H and O–H groups in total. The molecule has 0 aliphatic heterocycles. The first-order valence-corrected chi connectivity index (χ1v) is 15.9. The van der Waals surface area contributed by atoms with Crippen LogP contribution in [0.25, 0.3) is 10.9 Å². The van der Waals surface area contributed by atoms with Gasteiger partial charge in [0.1, 0.15) is 0 Å². The number of carbonyl (C=O) groups is 1. The van der Waals surface area contributed by atoms with Crippen molar-refractivity contribution in [2.75, 3.05) is 5.75 Å². The maximum absolute atomic E-state index is 12.1. The number of nitrogens with zero attached hydrogens (tertiary/aromatic N) is 1. The van der Waals surface area contributed by atoms with E-state index < -0.39 is 0 Å². The second kappa shape index (κ2) is 21.4. The topological polar surface area (TPSA) is 68.7 Å². The van der Waals surface area contributed by atoms with Gasteiger partial charge in [0.05, 0.1) is 12.5 Å². The van der Waals surface area contributed by atoms with Crippen LogP contribution in [0.5, 0.6) is 0 Å². The van der Waals surface area contributed by atoms with E-state index >= 15 is 0 Å². The zero-order chi connectivity index (χ0) is 31.1. The Morgan fingerprint density at radius 2 is 1.88 bits per heavy atom. The number of carbonyl (C=O) groups excluding carboxylic acids is 1. The Morgan fingerprint density at radius 3 is 2.56 bits per heavy atom. The Morgan fingerprint density at radius 1 is 1.14 bits per heavy atom. The number of allylic oxidation sites excluding steroid dienone is 11. The first-order valence-electron chi connectivity index (χ1n) is 14.8. The van der Waals surface area contributed by atoms with Crippen molar-refractivity contribution in [2.45, 2.75) is 58.2 Å². The smallest absolute Gasteiger partial charge is 0.221 e. The van der Waals surface area contributed by atoms with E-state index in [0.29, 0.717) is 24.6 Å².